The predicted molar refractivity (Wildman–Crippen MR) is 86.6 cm³/mol. The summed E-state index contributed by atoms with van der Waals surface area (Å²) in [4.78, 5) is 24.9. The maximum Gasteiger partial charge on any atom is 0.573 e. The Kier molecular flexibility index (Phi) is 4.14. The standard InChI is InChI=1S/C16H11F5N2O4S/c17-12(18)10-8-2-1-7(27-16(19,20)21)3-9(8)28-11(10)13(24)23-4-15(5-23)6-26-14(25)22-15/h1-3,12H,4-6H2,(H,22,25). The highest BCUT2D eigenvalue weighted by molar-refractivity contribution is 7.21. The number of hydrogen-bond donors (Lipinski definition) is 1. The second-order valence-corrected chi connectivity index (χ2v) is 7.55. The molecule has 1 aromatic heterocycles. The number of amides is 2. The Labute approximate surface area is 157 Å². The molecule has 1 aromatic carbocycles. The lowest BCUT2D eigenvalue weighted by Gasteiger charge is -2.45. The van der Waals surface area contributed by atoms with Crippen molar-refractivity contribution in [3.05, 3.63) is 28.6 Å². The number of carbonyl (C=O) groups is 2. The molecule has 150 valence electrons. The summed E-state index contributed by atoms with van der Waals surface area (Å²) in [6, 6.07) is 2.97. The van der Waals surface area contributed by atoms with E-state index in [4.69, 9.17) is 4.74 Å². The molecule has 0 atom stereocenters. The maximum absolute atomic E-state index is 13.6. The number of halogens is 5. The maximum atomic E-state index is 13.6. The van der Waals surface area contributed by atoms with Gasteiger partial charge in [0, 0.05) is 28.7 Å². The van der Waals surface area contributed by atoms with Crippen molar-refractivity contribution in [3.63, 3.8) is 0 Å². The fraction of sp³-hybridized carbons (Fsp3) is 0.375. The topological polar surface area (TPSA) is 67.9 Å². The molecule has 2 fully saturated rings. The molecule has 0 saturated carbocycles. The van der Waals surface area contributed by atoms with Crippen molar-refractivity contribution in [1.29, 1.82) is 0 Å². The molecule has 2 aliphatic heterocycles. The van der Waals surface area contributed by atoms with Crippen LogP contribution in [0, 0.1) is 0 Å². The van der Waals surface area contributed by atoms with E-state index in [-0.39, 0.29) is 34.7 Å². The molecule has 12 heteroatoms. The second kappa shape index (κ2) is 6.19. The average molecular weight is 422 g/mol. The van der Waals surface area contributed by atoms with Crippen molar-refractivity contribution in [2.75, 3.05) is 19.7 Å². The molecule has 0 unspecified atom stereocenters. The number of alkyl halides is 5. The van der Waals surface area contributed by atoms with Crippen LogP contribution < -0.4 is 10.1 Å². The van der Waals surface area contributed by atoms with E-state index in [0.717, 1.165) is 18.2 Å². The number of nitrogens with zero attached hydrogens (tertiary/aromatic N) is 1. The number of carbonyl (C=O) groups excluding carboxylic acids is 2. The smallest absolute Gasteiger partial charge is 0.447 e. The lowest BCUT2D eigenvalue weighted by Crippen LogP contribution is -2.69. The number of nitrogens with one attached hydrogen (secondary N) is 1. The highest BCUT2D eigenvalue weighted by atomic mass is 32.1. The first-order chi connectivity index (χ1) is 13.1. The Hall–Kier alpha value is -2.63. The number of rotatable bonds is 3. The van der Waals surface area contributed by atoms with E-state index in [1.807, 2.05) is 0 Å². The Morgan fingerprint density at radius 3 is 2.61 bits per heavy atom. The molecule has 4 rings (SSSR count). The predicted octanol–water partition coefficient (Wildman–Crippen LogP) is 3.67. The number of hydrogen-bond acceptors (Lipinski definition) is 5. The number of cyclic esters (lactones) is 1. The Morgan fingerprint density at radius 2 is 2.04 bits per heavy atom. The largest absolute Gasteiger partial charge is 0.573 e. The Balaban J connectivity index is 1.63. The summed E-state index contributed by atoms with van der Waals surface area (Å²) in [5.74, 6) is -1.24. The highest BCUT2D eigenvalue weighted by Gasteiger charge is 2.51. The van der Waals surface area contributed by atoms with E-state index in [1.165, 1.54) is 4.90 Å². The van der Waals surface area contributed by atoms with Gasteiger partial charge in [-0.25, -0.2) is 13.6 Å². The third-order valence-electron chi connectivity index (χ3n) is 4.47. The fourth-order valence-corrected chi connectivity index (χ4v) is 4.51. The van der Waals surface area contributed by atoms with Crippen molar-refractivity contribution >= 4 is 33.4 Å². The first kappa shape index (κ1) is 18.7. The van der Waals surface area contributed by atoms with Gasteiger partial charge in [0.25, 0.3) is 12.3 Å². The van der Waals surface area contributed by atoms with Crippen LogP contribution in [0.2, 0.25) is 0 Å². The van der Waals surface area contributed by atoms with Crippen LogP contribution in [0.25, 0.3) is 10.1 Å². The van der Waals surface area contributed by atoms with Crippen LogP contribution in [0.5, 0.6) is 5.75 Å². The van der Waals surface area contributed by atoms with Gasteiger partial charge in [-0.2, -0.15) is 0 Å². The van der Waals surface area contributed by atoms with Crippen molar-refractivity contribution in [1.82, 2.24) is 10.2 Å². The third-order valence-corrected chi connectivity index (χ3v) is 5.62. The molecule has 1 spiro atoms. The summed E-state index contributed by atoms with van der Waals surface area (Å²) in [6.07, 6.45) is -8.53. The van der Waals surface area contributed by atoms with E-state index in [0.29, 0.717) is 11.3 Å². The van der Waals surface area contributed by atoms with Crippen LogP contribution in [-0.2, 0) is 4.74 Å². The molecule has 6 nitrogen and oxygen atoms in total. The molecule has 2 aromatic rings. The zero-order valence-corrected chi connectivity index (χ0v) is 14.6. The van der Waals surface area contributed by atoms with Crippen molar-refractivity contribution in [3.8, 4) is 5.75 Å². The monoisotopic (exact) mass is 422 g/mol. The van der Waals surface area contributed by atoms with Crippen LogP contribution in [0.4, 0.5) is 26.7 Å². The minimum Gasteiger partial charge on any atom is -0.447 e. The van der Waals surface area contributed by atoms with Gasteiger partial charge < -0.3 is 19.7 Å². The van der Waals surface area contributed by atoms with Gasteiger partial charge in [-0.1, -0.05) is 0 Å². The summed E-state index contributed by atoms with van der Waals surface area (Å²) in [6.45, 7) is 0.260. The molecule has 0 aliphatic carbocycles. The van der Waals surface area contributed by atoms with Gasteiger partial charge in [0.2, 0.25) is 0 Å². The van der Waals surface area contributed by atoms with Crippen LogP contribution >= 0.6 is 11.3 Å². The van der Waals surface area contributed by atoms with Gasteiger partial charge in [-0.05, 0) is 18.2 Å². The first-order valence-corrected chi connectivity index (χ1v) is 8.73. The summed E-state index contributed by atoms with van der Waals surface area (Å²) in [7, 11) is 0. The molecule has 0 bridgehead atoms. The van der Waals surface area contributed by atoms with Gasteiger partial charge >= 0.3 is 12.5 Å². The molecule has 2 amide bonds. The van der Waals surface area contributed by atoms with Gasteiger partial charge in [0.1, 0.15) is 22.8 Å². The number of fused-ring (bicyclic) bond motifs is 1. The molecule has 3 heterocycles. The Morgan fingerprint density at radius 1 is 1.32 bits per heavy atom. The minimum atomic E-state index is -4.92. The van der Waals surface area contributed by atoms with Gasteiger partial charge in [-0.15, -0.1) is 24.5 Å². The van der Waals surface area contributed by atoms with E-state index >= 15 is 0 Å². The fourth-order valence-electron chi connectivity index (χ4n) is 3.30. The van der Waals surface area contributed by atoms with Crippen molar-refractivity contribution in [2.45, 2.75) is 18.3 Å². The van der Waals surface area contributed by atoms with Crippen LogP contribution in [0.1, 0.15) is 21.7 Å². The van der Waals surface area contributed by atoms with E-state index in [1.54, 1.807) is 0 Å². The van der Waals surface area contributed by atoms with Gasteiger partial charge in [-0.3, -0.25) is 4.79 Å². The number of benzene rings is 1. The summed E-state index contributed by atoms with van der Waals surface area (Å²) in [5.41, 5.74) is -1.25. The van der Waals surface area contributed by atoms with Gasteiger partial charge in [0.05, 0.1) is 0 Å². The average Bonchev–Trinajstić information content (AvgIpc) is 3.11. The summed E-state index contributed by atoms with van der Waals surface area (Å²) < 4.78 is 73.0. The second-order valence-electron chi connectivity index (χ2n) is 6.49. The van der Waals surface area contributed by atoms with E-state index in [2.05, 4.69) is 10.1 Å². The van der Waals surface area contributed by atoms with Crippen molar-refractivity contribution < 1.29 is 41.0 Å². The zero-order valence-electron chi connectivity index (χ0n) is 13.8. The molecular formula is C16H11F5N2O4S. The quantitative estimate of drug-likeness (QED) is 0.767. The molecule has 2 aliphatic rings. The molecule has 0 radical (unpaired) electrons. The zero-order chi connectivity index (χ0) is 20.3. The first-order valence-electron chi connectivity index (χ1n) is 7.91. The number of likely N-dealkylation sites (tertiary alicyclic amines) is 1. The molecule has 1 N–H and O–H groups in total. The molecule has 2 saturated heterocycles. The molecule has 28 heavy (non-hydrogen) atoms. The highest BCUT2D eigenvalue weighted by Crippen LogP contribution is 2.41. The van der Waals surface area contributed by atoms with Crippen LogP contribution in [0.3, 0.4) is 0 Å². The lowest BCUT2D eigenvalue weighted by molar-refractivity contribution is -0.274. The van der Waals surface area contributed by atoms with Crippen LogP contribution in [-0.4, -0.2) is 48.5 Å². The SMILES string of the molecule is O=C1NC2(CO1)CN(C(=O)c1sc3cc(OC(F)(F)F)ccc3c1C(F)F)C2. The normalized spacial score (nSPS) is 18.4. The number of ether oxygens (including phenoxy) is 2. The minimum absolute atomic E-state index is 0.00869. The summed E-state index contributed by atoms with van der Waals surface area (Å²) >= 11 is 0.672. The lowest BCUT2D eigenvalue weighted by atomic mass is 9.91. The number of thiophene rings is 1. The molecular weight excluding hydrogens is 411 g/mol. The number of alkyl carbamates (subject to hydrolysis) is 1. The third kappa shape index (κ3) is 3.21. The van der Waals surface area contributed by atoms with E-state index < -0.39 is 41.6 Å². The van der Waals surface area contributed by atoms with Gasteiger partial charge in [0.15, 0.2) is 0 Å². The summed E-state index contributed by atoms with van der Waals surface area (Å²) in [5, 5.41) is 2.56. The van der Waals surface area contributed by atoms with Crippen molar-refractivity contribution in [2.24, 2.45) is 0 Å². The van der Waals surface area contributed by atoms with E-state index in [9.17, 15) is 31.5 Å². The van der Waals surface area contributed by atoms with Crippen LogP contribution in [0.15, 0.2) is 18.2 Å². The Bertz CT molecular complexity index is 968.